The molecule has 0 radical (unpaired) electrons. The van der Waals surface area contributed by atoms with E-state index in [0.29, 0.717) is 6.54 Å². The largest absolute Gasteiger partial charge is 0.469 e. The number of alkyl halides is 5. The molecule has 43 heavy (non-hydrogen) atoms. The summed E-state index contributed by atoms with van der Waals surface area (Å²) in [7, 11) is 0. The van der Waals surface area contributed by atoms with Crippen LogP contribution in [0.25, 0.3) is 32.2 Å². The van der Waals surface area contributed by atoms with E-state index in [4.69, 9.17) is 15.2 Å². The van der Waals surface area contributed by atoms with Crippen LogP contribution < -0.4 is 20.5 Å². The molecule has 0 saturated carbocycles. The highest BCUT2D eigenvalue weighted by Gasteiger charge is 2.49. The van der Waals surface area contributed by atoms with Gasteiger partial charge in [0.05, 0.1) is 32.2 Å². The van der Waals surface area contributed by atoms with Crippen LogP contribution in [0.4, 0.5) is 31.5 Å². The van der Waals surface area contributed by atoms with Crippen LogP contribution in [0, 0.1) is 5.82 Å². The zero-order valence-corrected chi connectivity index (χ0v) is 23.4. The maximum atomic E-state index is 14.5. The minimum Gasteiger partial charge on any atom is -0.469 e. The number of nitrogens with zero attached hydrogens (tertiary/aromatic N) is 4. The smallest absolute Gasteiger partial charge is 0.417 e. The average Bonchev–Trinajstić information content (AvgIpc) is 3.70. The van der Waals surface area contributed by atoms with E-state index in [1.54, 1.807) is 0 Å². The van der Waals surface area contributed by atoms with Gasteiger partial charge in [-0.1, -0.05) is 11.3 Å². The molecule has 0 amide bonds. The zero-order chi connectivity index (χ0) is 30.1. The highest BCUT2D eigenvalue weighted by atomic mass is 32.1. The molecule has 3 saturated heterocycles. The van der Waals surface area contributed by atoms with Crippen molar-refractivity contribution in [3.63, 3.8) is 0 Å². The molecular weight excluding hydrogens is 598 g/mol. The number of nitrogens with two attached hydrogens (primary N) is 1. The summed E-state index contributed by atoms with van der Waals surface area (Å²) in [4.78, 5) is 14.8. The van der Waals surface area contributed by atoms with Gasteiger partial charge in [-0.25, -0.2) is 18.2 Å². The lowest BCUT2D eigenvalue weighted by atomic mass is 9.95. The van der Waals surface area contributed by atoms with Gasteiger partial charge in [0, 0.05) is 31.6 Å². The number of nitrogens with one attached hydrogen (secondary N) is 1. The number of hydrogen-bond donors (Lipinski definition) is 2. The molecular formula is C28H26F6N6O2S. The van der Waals surface area contributed by atoms with Crippen molar-refractivity contribution in [3.05, 3.63) is 35.6 Å². The number of rotatable bonds is 6. The van der Waals surface area contributed by atoms with Crippen LogP contribution in [0.3, 0.4) is 0 Å². The first-order chi connectivity index (χ1) is 20.5. The second-order valence-corrected chi connectivity index (χ2v) is 12.3. The molecule has 5 heterocycles. The van der Waals surface area contributed by atoms with Gasteiger partial charge >= 0.3 is 12.2 Å². The number of benzene rings is 2. The van der Waals surface area contributed by atoms with E-state index in [0.717, 1.165) is 42.9 Å². The Kier molecular flexibility index (Phi) is 6.81. The molecule has 3 aliphatic heterocycles. The third-order valence-corrected chi connectivity index (χ3v) is 9.36. The van der Waals surface area contributed by atoms with Crippen molar-refractivity contribution in [2.45, 2.75) is 49.4 Å². The average molecular weight is 625 g/mol. The summed E-state index contributed by atoms with van der Waals surface area (Å²) in [5.41, 5.74) is 3.88. The van der Waals surface area contributed by atoms with Crippen LogP contribution in [-0.4, -0.2) is 76.6 Å². The summed E-state index contributed by atoms with van der Waals surface area (Å²) in [5.74, 6) is -0.934. The monoisotopic (exact) mass is 624 g/mol. The van der Waals surface area contributed by atoms with Crippen LogP contribution >= 0.6 is 11.3 Å². The first-order valence-electron chi connectivity index (χ1n) is 13.8. The molecule has 4 aromatic rings. The first kappa shape index (κ1) is 28.3. The van der Waals surface area contributed by atoms with Gasteiger partial charge in [0.25, 0.3) is 0 Å². The van der Waals surface area contributed by atoms with E-state index in [9.17, 15) is 26.3 Å². The molecule has 0 spiro atoms. The topological polar surface area (TPSA) is 98.4 Å². The molecule has 2 aromatic carbocycles. The number of hydrogen-bond acceptors (Lipinski definition) is 9. The van der Waals surface area contributed by atoms with Gasteiger partial charge in [0.2, 0.25) is 5.88 Å². The van der Waals surface area contributed by atoms with Gasteiger partial charge in [-0.2, -0.15) is 23.1 Å². The van der Waals surface area contributed by atoms with Crippen molar-refractivity contribution in [2.24, 2.45) is 0 Å². The molecule has 2 aromatic heterocycles. The Labute approximate surface area is 245 Å². The van der Waals surface area contributed by atoms with Crippen molar-refractivity contribution < 1.29 is 35.8 Å². The Morgan fingerprint density at radius 1 is 1.12 bits per heavy atom. The number of ether oxygens (including phenoxy) is 2. The van der Waals surface area contributed by atoms with Crippen LogP contribution in [0.1, 0.15) is 24.8 Å². The minimum absolute atomic E-state index is 0.00175. The van der Waals surface area contributed by atoms with E-state index in [2.05, 4.69) is 20.3 Å². The van der Waals surface area contributed by atoms with Crippen molar-refractivity contribution in [1.29, 1.82) is 0 Å². The third kappa shape index (κ3) is 5.00. The van der Waals surface area contributed by atoms with Crippen LogP contribution in [0.15, 0.2) is 24.3 Å². The maximum Gasteiger partial charge on any atom is 0.417 e. The summed E-state index contributed by atoms with van der Waals surface area (Å²) in [6.45, 7) is 1.26. The Bertz CT molecular complexity index is 1720. The van der Waals surface area contributed by atoms with Crippen molar-refractivity contribution in [2.75, 3.05) is 38.5 Å². The highest BCUT2D eigenvalue weighted by Crippen LogP contribution is 2.45. The number of halogens is 6. The quantitative estimate of drug-likeness (QED) is 0.280. The fourth-order valence-electron chi connectivity index (χ4n) is 6.48. The summed E-state index contributed by atoms with van der Waals surface area (Å²) >= 11 is 0.826. The van der Waals surface area contributed by atoms with Gasteiger partial charge in [-0.15, -0.1) is 0 Å². The predicted octanol–water partition coefficient (Wildman–Crippen LogP) is 5.29. The molecule has 3 aliphatic rings. The molecule has 0 bridgehead atoms. The molecule has 7 rings (SSSR count). The molecule has 0 unspecified atom stereocenters. The Morgan fingerprint density at radius 2 is 1.95 bits per heavy atom. The van der Waals surface area contributed by atoms with Crippen molar-refractivity contribution >= 4 is 37.6 Å². The summed E-state index contributed by atoms with van der Waals surface area (Å²) < 4.78 is 98.8. The van der Waals surface area contributed by atoms with Crippen LogP contribution in [0.2, 0.25) is 0 Å². The number of nitrogen functional groups attached to an aromatic ring is 1. The number of fused-ring (bicyclic) bond motifs is 3. The second kappa shape index (κ2) is 10.3. The Balaban J connectivity index is 1.37. The predicted molar refractivity (Wildman–Crippen MR) is 148 cm³/mol. The van der Waals surface area contributed by atoms with Gasteiger partial charge in [-0.3, -0.25) is 4.90 Å². The number of aromatic nitrogens is 3. The standard InChI is InChI=1S/C28H26F6N6O2S/c29-13-8-27(4-1-5-40(27)11-13)12-41-26-37-20-7-15(14-2-3-18(30)23-22(14)38-25(35)43-23)17(28(32,33)34)6-16(20)24(39-26)42-21-10-36-9-19(21)31/h2-3,6-7,13,19,21,36H,1,4-5,8-12H2,(H2,35,38)/t13-,19-,21+,27+/m1/s1. The van der Waals surface area contributed by atoms with Crippen molar-refractivity contribution in [3.8, 4) is 23.0 Å². The number of anilines is 1. The maximum absolute atomic E-state index is 14.5. The van der Waals surface area contributed by atoms with Gasteiger partial charge < -0.3 is 20.5 Å². The van der Waals surface area contributed by atoms with Gasteiger partial charge in [0.15, 0.2) is 11.3 Å². The summed E-state index contributed by atoms with van der Waals surface area (Å²) in [6, 6.07) is 4.10. The first-order valence-corrected chi connectivity index (χ1v) is 14.6. The Morgan fingerprint density at radius 3 is 2.72 bits per heavy atom. The Hall–Kier alpha value is -3.43. The SMILES string of the molecule is Nc1nc2c(-c3cc4nc(OC[C@@]56CCCN5C[C@H](F)C6)nc(O[C@H]5CNC[C@H]5F)c4cc3C(F)(F)F)ccc(F)c2s1. The van der Waals surface area contributed by atoms with E-state index in [1.807, 2.05) is 4.90 Å². The van der Waals surface area contributed by atoms with E-state index < -0.39 is 41.5 Å². The molecule has 0 aliphatic carbocycles. The number of thiazole rings is 1. The summed E-state index contributed by atoms with van der Waals surface area (Å²) in [6.07, 6.45) is -6.37. The molecule has 8 nitrogen and oxygen atoms in total. The van der Waals surface area contributed by atoms with Gasteiger partial charge in [-0.05, 0) is 49.2 Å². The van der Waals surface area contributed by atoms with E-state index >= 15 is 0 Å². The van der Waals surface area contributed by atoms with E-state index in [-0.39, 0.29) is 75.4 Å². The lowest BCUT2D eigenvalue weighted by Crippen LogP contribution is -2.43. The fraction of sp³-hybridized carbons (Fsp3) is 0.464. The van der Waals surface area contributed by atoms with Crippen LogP contribution in [-0.2, 0) is 6.18 Å². The molecule has 3 N–H and O–H groups in total. The van der Waals surface area contributed by atoms with Gasteiger partial charge in [0.1, 0.15) is 24.7 Å². The lowest BCUT2D eigenvalue weighted by molar-refractivity contribution is -0.137. The fourth-order valence-corrected chi connectivity index (χ4v) is 7.24. The zero-order valence-electron chi connectivity index (χ0n) is 22.6. The molecule has 3 fully saturated rings. The molecule has 4 atom stereocenters. The minimum atomic E-state index is -4.85. The highest BCUT2D eigenvalue weighted by molar-refractivity contribution is 7.22. The molecule has 228 valence electrons. The van der Waals surface area contributed by atoms with Crippen molar-refractivity contribution in [1.82, 2.24) is 25.2 Å². The lowest BCUT2D eigenvalue weighted by Gasteiger charge is -2.30. The molecule has 15 heteroatoms. The normalized spacial score (nSPS) is 26.0. The summed E-state index contributed by atoms with van der Waals surface area (Å²) in [5, 5.41) is 2.73. The second-order valence-electron chi connectivity index (χ2n) is 11.2. The third-order valence-electron chi connectivity index (χ3n) is 8.47. The van der Waals surface area contributed by atoms with Crippen LogP contribution in [0.5, 0.6) is 11.9 Å². The van der Waals surface area contributed by atoms with E-state index in [1.165, 1.54) is 12.1 Å².